The number of carbonyl (C=O) groups excluding carboxylic acids is 1. The van der Waals surface area contributed by atoms with Gasteiger partial charge in [-0.1, -0.05) is 0 Å². The Morgan fingerprint density at radius 2 is 2.30 bits per heavy atom. The van der Waals surface area contributed by atoms with Crippen molar-refractivity contribution in [3.05, 3.63) is 17.8 Å². The third-order valence-corrected chi connectivity index (χ3v) is 3.57. The van der Waals surface area contributed by atoms with Gasteiger partial charge in [0.05, 0.1) is 0 Å². The van der Waals surface area contributed by atoms with E-state index in [1.54, 1.807) is 6.07 Å². The molecule has 1 atom stereocenters. The topological polar surface area (TPSA) is 70.2 Å². The first-order valence-electron chi connectivity index (χ1n) is 7.35. The lowest BCUT2D eigenvalue weighted by atomic mass is 10.1. The summed E-state index contributed by atoms with van der Waals surface area (Å²) in [5.41, 5.74) is 0.369. The van der Waals surface area contributed by atoms with E-state index in [4.69, 9.17) is 0 Å². The van der Waals surface area contributed by atoms with Crippen LogP contribution in [0.5, 0.6) is 0 Å². The average Bonchev–Trinajstić information content (AvgIpc) is 2.50. The van der Waals surface area contributed by atoms with Crippen molar-refractivity contribution in [2.75, 3.05) is 31.1 Å². The van der Waals surface area contributed by atoms with Crippen LogP contribution >= 0.6 is 0 Å². The van der Waals surface area contributed by atoms with Crippen LogP contribution in [0.4, 0.5) is 5.82 Å². The molecule has 0 aromatic carbocycles. The number of aromatic nitrogens is 2. The number of nitrogens with one attached hydrogen (secondary N) is 2. The maximum Gasteiger partial charge on any atom is 0.271 e. The fourth-order valence-electron chi connectivity index (χ4n) is 2.56. The SMILES string of the molecule is CCNC(=O)c1ccc(N(CC)C2CCCNC2)nn1. The number of carbonyl (C=O) groups is 1. The largest absolute Gasteiger partial charge is 0.351 e. The van der Waals surface area contributed by atoms with Crippen LogP contribution in [0.2, 0.25) is 0 Å². The van der Waals surface area contributed by atoms with Gasteiger partial charge in [0, 0.05) is 25.7 Å². The average molecular weight is 277 g/mol. The number of piperidine rings is 1. The number of nitrogens with zero attached hydrogens (tertiary/aromatic N) is 3. The molecule has 6 nitrogen and oxygen atoms in total. The lowest BCUT2D eigenvalue weighted by Gasteiger charge is -2.34. The van der Waals surface area contributed by atoms with E-state index in [1.807, 2.05) is 13.0 Å². The molecule has 0 radical (unpaired) electrons. The highest BCUT2D eigenvalue weighted by Crippen LogP contribution is 2.17. The summed E-state index contributed by atoms with van der Waals surface area (Å²) in [6.45, 7) is 7.56. The number of rotatable bonds is 5. The van der Waals surface area contributed by atoms with Crippen LogP contribution in [-0.4, -0.2) is 48.3 Å². The fourth-order valence-corrected chi connectivity index (χ4v) is 2.56. The summed E-state index contributed by atoms with van der Waals surface area (Å²) in [5, 5.41) is 14.4. The summed E-state index contributed by atoms with van der Waals surface area (Å²) in [4.78, 5) is 13.9. The molecule has 1 aromatic heterocycles. The van der Waals surface area contributed by atoms with Crippen LogP contribution < -0.4 is 15.5 Å². The molecular weight excluding hydrogens is 254 g/mol. The number of hydrogen-bond acceptors (Lipinski definition) is 5. The monoisotopic (exact) mass is 277 g/mol. The molecule has 2 rings (SSSR count). The summed E-state index contributed by atoms with van der Waals surface area (Å²) in [5.74, 6) is 0.670. The zero-order valence-corrected chi connectivity index (χ0v) is 12.2. The molecule has 1 saturated heterocycles. The van der Waals surface area contributed by atoms with Crippen LogP contribution in [0, 0.1) is 0 Å². The smallest absolute Gasteiger partial charge is 0.271 e. The highest BCUT2D eigenvalue weighted by molar-refractivity contribution is 5.92. The van der Waals surface area contributed by atoms with Crippen LogP contribution in [-0.2, 0) is 0 Å². The molecule has 0 spiro atoms. The third-order valence-electron chi connectivity index (χ3n) is 3.57. The van der Waals surface area contributed by atoms with Crippen LogP contribution in [0.15, 0.2) is 12.1 Å². The van der Waals surface area contributed by atoms with Gasteiger partial charge in [-0.3, -0.25) is 4.79 Å². The van der Waals surface area contributed by atoms with Gasteiger partial charge in [-0.05, 0) is 45.4 Å². The quantitative estimate of drug-likeness (QED) is 0.833. The highest BCUT2D eigenvalue weighted by Gasteiger charge is 2.21. The molecule has 1 aliphatic heterocycles. The molecule has 2 N–H and O–H groups in total. The van der Waals surface area contributed by atoms with E-state index in [1.165, 1.54) is 12.8 Å². The number of hydrogen-bond donors (Lipinski definition) is 2. The molecule has 110 valence electrons. The summed E-state index contributed by atoms with van der Waals surface area (Å²) < 4.78 is 0. The van der Waals surface area contributed by atoms with Crippen LogP contribution in [0.25, 0.3) is 0 Å². The minimum atomic E-state index is -0.172. The molecular formula is C14H23N5O. The highest BCUT2D eigenvalue weighted by atomic mass is 16.1. The summed E-state index contributed by atoms with van der Waals surface area (Å²) >= 11 is 0. The lowest BCUT2D eigenvalue weighted by molar-refractivity contribution is 0.0950. The van der Waals surface area contributed by atoms with Crippen molar-refractivity contribution in [1.82, 2.24) is 20.8 Å². The Balaban J connectivity index is 2.08. The first kappa shape index (κ1) is 14.7. The second-order valence-corrected chi connectivity index (χ2v) is 4.92. The second kappa shape index (κ2) is 7.19. The Kier molecular flexibility index (Phi) is 5.29. The zero-order valence-electron chi connectivity index (χ0n) is 12.2. The minimum Gasteiger partial charge on any atom is -0.351 e. The molecule has 20 heavy (non-hydrogen) atoms. The van der Waals surface area contributed by atoms with Crippen molar-refractivity contribution in [1.29, 1.82) is 0 Å². The normalized spacial score (nSPS) is 18.6. The Morgan fingerprint density at radius 3 is 2.85 bits per heavy atom. The molecule has 1 unspecified atom stereocenters. The number of amides is 1. The lowest BCUT2D eigenvalue weighted by Crippen LogP contribution is -2.46. The van der Waals surface area contributed by atoms with Gasteiger partial charge in [0.25, 0.3) is 5.91 Å². The van der Waals surface area contributed by atoms with Gasteiger partial charge in [-0.15, -0.1) is 10.2 Å². The molecule has 1 amide bonds. The van der Waals surface area contributed by atoms with E-state index in [0.717, 1.165) is 25.5 Å². The van der Waals surface area contributed by atoms with Crippen molar-refractivity contribution in [2.24, 2.45) is 0 Å². The maximum absolute atomic E-state index is 11.7. The van der Waals surface area contributed by atoms with Crippen molar-refractivity contribution >= 4 is 11.7 Å². The predicted octanol–water partition coefficient (Wildman–Crippen LogP) is 0.805. The minimum absolute atomic E-state index is 0.172. The van der Waals surface area contributed by atoms with E-state index >= 15 is 0 Å². The molecule has 0 bridgehead atoms. The molecule has 1 fully saturated rings. The van der Waals surface area contributed by atoms with Gasteiger partial charge < -0.3 is 15.5 Å². The predicted molar refractivity (Wildman–Crippen MR) is 79.0 cm³/mol. The van der Waals surface area contributed by atoms with Gasteiger partial charge in [0.15, 0.2) is 11.5 Å². The molecule has 0 saturated carbocycles. The van der Waals surface area contributed by atoms with Crippen molar-refractivity contribution in [3.63, 3.8) is 0 Å². The number of anilines is 1. The fraction of sp³-hybridized carbons (Fsp3) is 0.643. The Bertz CT molecular complexity index is 428. The van der Waals surface area contributed by atoms with Gasteiger partial charge in [0.1, 0.15) is 0 Å². The van der Waals surface area contributed by atoms with Gasteiger partial charge >= 0.3 is 0 Å². The first-order valence-corrected chi connectivity index (χ1v) is 7.35. The standard InChI is InChI=1S/C14H23N5O/c1-3-16-14(20)12-7-8-13(18-17-12)19(4-2)11-6-5-9-15-10-11/h7-8,11,15H,3-6,9-10H2,1-2H3,(H,16,20). The maximum atomic E-state index is 11.7. The molecule has 6 heteroatoms. The molecule has 0 aliphatic carbocycles. The van der Waals surface area contributed by atoms with Crippen molar-refractivity contribution in [2.45, 2.75) is 32.7 Å². The summed E-state index contributed by atoms with van der Waals surface area (Å²) in [6.07, 6.45) is 2.35. The summed E-state index contributed by atoms with van der Waals surface area (Å²) in [6, 6.07) is 4.08. The third kappa shape index (κ3) is 3.45. The van der Waals surface area contributed by atoms with E-state index < -0.39 is 0 Å². The molecule has 1 aliphatic rings. The van der Waals surface area contributed by atoms with E-state index in [2.05, 4.69) is 32.7 Å². The van der Waals surface area contributed by atoms with Crippen LogP contribution in [0.3, 0.4) is 0 Å². The van der Waals surface area contributed by atoms with E-state index in [0.29, 0.717) is 18.3 Å². The van der Waals surface area contributed by atoms with Gasteiger partial charge in [0.2, 0.25) is 0 Å². The van der Waals surface area contributed by atoms with E-state index in [9.17, 15) is 4.79 Å². The van der Waals surface area contributed by atoms with Gasteiger partial charge in [-0.25, -0.2) is 0 Å². The van der Waals surface area contributed by atoms with Crippen LogP contribution in [0.1, 0.15) is 37.2 Å². The van der Waals surface area contributed by atoms with Crippen molar-refractivity contribution < 1.29 is 4.79 Å². The Hall–Kier alpha value is -1.69. The summed E-state index contributed by atoms with van der Waals surface area (Å²) in [7, 11) is 0. The Labute approximate surface area is 120 Å². The second-order valence-electron chi connectivity index (χ2n) is 4.92. The first-order chi connectivity index (χ1) is 9.76. The van der Waals surface area contributed by atoms with Gasteiger partial charge in [-0.2, -0.15) is 0 Å². The zero-order chi connectivity index (χ0) is 14.4. The van der Waals surface area contributed by atoms with Crippen molar-refractivity contribution in [3.8, 4) is 0 Å². The number of likely N-dealkylation sites (N-methyl/N-ethyl adjacent to an activating group) is 1. The van der Waals surface area contributed by atoms with E-state index in [-0.39, 0.29) is 5.91 Å². The molecule has 1 aromatic rings. The Morgan fingerprint density at radius 1 is 1.45 bits per heavy atom. The molecule has 2 heterocycles.